The molecule has 1 aromatic rings. The Morgan fingerprint density at radius 2 is 2.19 bits per heavy atom. The number of carboxylic acids is 1. The van der Waals surface area contributed by atoms with E-state index >= 15 is 0 Å². The van der Waals surface area contributed by atoms with E-state index in [9.17, 15) is 9.18 Å². The third kappa shape index (κ3) is 3.49. The van der Waals surface area contributed by atoms with Gasteiger partial charge in [-0.15, -0.1) is 11.8 Å². The molecule has 88 valence electrons. The normalized spacial score (nSPS) is 11.5. The molecule has 0 radical (unpaired) electrons. The highest BCUT2D eigenvalue weighted by Crippen LogP contribution is 2.30. The zero-order valence-electron chi connectivity index (χ0n) is 8.96. The summed E-state index contributed by atoms with van der Waals surface area (Å²) in [6.45, 7) is 3.21. The standard InChI is InChI=1S/C11H12BrFO2S/c1-11(2,10(14)15)16-6-7-5-8(12)3-4-9(7)13/h3-5H,6H2,1-2H3,(H,14,15). The van der Waals surface area contributed by atoms with E-state index in [4.69, 9.17) is 5.11 Å². The molecule has 0 heterocycles. The predicted octanol–water partition coefficient (Wildman–Crippen LogP) is 3.68. The molecule has 0 aromatic heterocycles. The van der Waals surface area contributed by atoms with Crippen molar-refractivity contribution in [2.24, 2.45) is 0 Å². The Hall–Kier alpha value is -0.550. The number of halogens is 2. The summed E-state index contributed by atoms with van der Waals surface area (Å²) in [5.74, 6) is -0.866. The van der Waals surface area contributed by atoms with Crippen LogP contribution < -0.4 is 0 Å². The number of carboxylic acid groups (broad SMARTS) is 1. The quantitative estimate of drug-likeness (QED) is 0.922. The molecule has 0 amide bonds. The van der Waals surface area contributed by atoms with Crippen LogP contribution in [0.25, 0.3) is 0 Å². The van der Waals surface area contributed by atoms with Gasteiger partial charge in [0.05, 0.1) is 0 Å². The lowest BCUT2D eigenvalue weighted by atomic mass is 10.2. The molecule has 1 N–H and O–H groups in total. The summed E-state index contributed by atoms with van der Waals surface area (Å²) in [7, 11) is 0. The summed E-state index contributed by atoms with van der Waals surface area (Å²) in [6.07, 6.45) is 0. The first kappa shape index (κ1) is 13.5. The molecule has 1 aromatic carbocycles. The van der Waals surface area contributed by atoms with Crippen LogP contribution >= 0.6 is 27.7 Å². The van der Waals surface area contributed by atoms with Gasteiger partial charge in [0.25, 0.3) is 0 Å². The van der Waals surface area contributed by atoms with Crippen LogP contribution in [0.15, 0.2) is 22.7 Å². The second-order valence-corrected chi connectivity index (χ2v) is 6.35. The van der Waals surface area contributed by atoms with Gasteiger partial charge >= 0.3 is 5.97 Å². The molecule has 0 saturated carbocycles. The molecule has 0 aliphatic heterocycles. The molecule has 0 aliphatic carbocycles. The van der Waals surface area contributed by atoms with Crippen LogP contribution in [-0.2, 0) is 10.5 Å². The van der Waals surface area contributed by atoms with E-state index in [-0.39, 0.29) is 5.82 Å². The number of rotatable bonds is 4. The van der Waals surface area contributed by atoms with Crippen molar-refractivity contribution in [3.05, 3.63) is 34.1 Å². The average molecular weight is 307 g/mol. The fourth-order valence-corrected chi connectivity index (χ4v) is 2.24. The van der Waals surface area contributed by atoms with E-state index in [1.54, 1.807) is 26.0 Å². The Morgan fingerprint density at radius 1 is 1.56 bits per heavy atom. The molecular formula is C11H12BrFO2S. The largest absolute Gasteiger partial charge is 0.480 e. The number of benzene rings is 1. The Labute approximate surface area is 106 Å². The summed E-state index contributed by atoms with van der Waals surface area (Å²) < 4.78 is 13.2. The van der Waals surface area contributed by atoms with Crippen molar-refractivity contribution in [3.63, 3.8) is 0 Å². The zero-order valence-corrected chi connectivity index (χ0v) is 11.4. The molecule has 0 fully saturated rings. The van der Waals surface area contributed by atoms with Crippen molar-refractivity contribution in [3.8, 4) is 0 Å². The SMILES string of the molecule is CC(C)(SCc1cc(Br)ccc1F)C(=O)O. The van der Waals surface area contributed by atoms with Crippen molar-refractivity contribution >= 4 is 33.7 Å². The van der Waals surface area contributed by atoms with E-state index < -0.39 is 10.7 Å². The lowest BCUT2D eigenvalue weighted by Gasteiger charge is -2.18. The summed E-state index contributed by atoms with van der Waals surface area (Å²) >= 11 is 4.46. The highest BCUT2D eigenvalue weighted by molar-refractivity contribution is 9.10. The summed E-state index contributed by atoms with van der Waals surface area (Å²) in [4.78, 5) is 10.9. The minimum atomic E-state index is -0.908. The van der Waals surface area contributed by atoms with Gasteiger partial charge in [-0.1, -0.05) is 15.9 Å². The summed E-state index contributed by atoms with van der Waals surface area (Å²) in [5, 5.41) is 8.92. The summed E-state index contributed by atoms with van der Waals surface area (Å²) in [6, 6.07) is 4.65. The van der Waals surface area contributed by atoms with E-state index in [1.165, 1.54) is 17.8 Å². The van der Waals surface area contributed by atoms with Crippen molar-refractivity contribution in [1.82, 2.24) is 0 Å². The van der Waals surface area contributed by atoms with Crippen molar-refractivity contribution in [2.75, 3.05) is 0 Å². The molecule has 0 unspecified atom stereocenters. The molecule has 0 bridgehead atoms. The Balaban J connectivity index is 2.75. The fourth-order valence-electron chi connectivity index (χ4n) is 0.974. The molecule has 5 heteroatoms. The lowest BCUT2D eigenvalue weighted by molar-refractivity contribution is -0.138. The molecule has 1 rings (SSSR count). The van der Waals surface area contributed by atoms with Gasteiger partial charge in [0.1, 0.15) is 10.6 Å². The number of thioether (sulfide) groups is 1. The number of hydrogen-bond donors (Lipinski definition) is 1. The summed E-state index contributed by atoms with van der Waals surface area (Å²) in [5.41, 5.74) is 0.508. The van der Waals surface area contributed by atoms with Crippen LogP contribution in [0.5, 0.6) is 0 Å². The molecule has 0 atom stereocenters. The molecule has 16 heavy (non-hydrogen) atoms. The van der Waals surface area contributed by atoms with Gasteiger partial charge in [-0.05, 0) is 37.6 Å². The molecule has 2 nitrogen and oxygen atoms in total. The molecule has 0 spiro atoms. The molecule has 0 aliphatic rings. The van der Waals surface area contributed by atoms with Gasteiger partial charge in [0, 0.05) is 10.2 Å². The van der Waals surface area contributed by atoms with Crippen LogP contribution in [0.2, 0.25) is 0 Å². The third-order valence-electron chi connectivity index (χ3n) is 2.11. The monoisotopic (exact) mass is 306 g/mol. The van der Waals surface area contributed by atoms with E-state index in [2.05, 4.69) is 15.9 Å². The maximum Gasteiger partial charge on any atom is 0.319 e. The van der Waals surface area contributed by atoms with Crippen molar-refractivity contribution in [2.45, 2.75) is 24.3 Å². The van der Waals surface area contributed by atoms with Gasteiger partial charge in [0.2, 0.25) is 0 Å². The highest BCUT2D eigenvalue weighted by atomic mass is 79.9. The van der Waals surface area contributed by atoms with Crippen LogP contribution in [-0.4, -0.2) is 15.8 Å². The van der Waals surface area contributed by atoms with Crippen LogP contribution in [0.1, 0.15) is 19.4 Å². The maximum absolute atomic E-state index is 13.4. The predicted molar refractivity (Wildman–Crippen MR) is 67.1 cm³/mol. The van der Waals surface area contributed by atoms with Crippen LogP contribution in [0.4, 0.5) is 4.39 Å². The minimum absolute atomic E-state index is 0.308. The number of hydrogen-bond acceptors (Lipinski definition) is 2. The van der Waals surface area contributed by atoms with Crippen molar-refractivity contribution < 1.29 is 14.3 Å². The number of carbonyl (C=O) groups is 1. The fraction of sp³-hybridized carbons (Fsp3) is 0.364. The van der Waals surface area contributed by atoms with E-state index in [0.717, 1.165) is 4.47 Å². The third-order valence-corrected chi connectivity index (χ3v) is 3.96. The Bertz CT molecular complexity index is 407. The van der Waals surface area contributed by atoms with Crippen LogP contribution in [0, 0.1) is 5.82 Å². The Kier molecular flexibility index (Phi) is 4.38. The number of aliphatic carboxylic acids is 1. The first-order valence-corrected chi connectivity index (χ1v) is 6.42. The van der Waals surface area contributed by atoms with E-state index in [1.807, 2.05) is 0 Å². The Morgan fingerprint density at radius 3 is 2.75 bits per heavy atom. The minimum Gasteiger partial charge on any atom is -0.480 e. The zero-order chi connectivity index (χ0) is 12.3. The average Bonchev–Trinajstić information content (AvgIpc) is 2.19. The topological polar surface area (TPSA) is 37.3 Å². The second kappa shape index (κ2) is 5.19. The highest BCUT2D eigenvalue weighted by Gasteiger charge is 2.27. The first-order chi connectivity index (χ1) is 7.33. The first-order valence-electron chi connectivity index (χ1n) is 4.64. The second-order valence-electron chi connectivity index (χ2n) is 3.84. The molecule has 0 saturated heterocycles. The lowest BCUT2D eigenvalue weighted by Crippen LogP contribution is -2.27. The van der Waals surface area contributed by atoms with Gasteiger partial charge in [0.15, 0.2) is 0 Å². The molecular weight excluding hydrogens is 295 g/mol. The van der Waals surface area contributed by atoms with E-state index in [0.29, 0.717) is 11.3 Å². The van der Waals surface area contributed by atoms with Crippen LogP contribution in [0.3, 0.4) is 0 Å². The van der Waals surface area contributed by atoms with Gasteiger partial charge < -0.3 is 5.11 Å². The van der Waals surface area contributed by atoms with Gasteiger partial charge in [-0.25, -0.2) is 4.39 Å². The smallest absolute Gasteiger partial charge is 0.319 e. The van der Waals surface area contributed by atoms with Crippen molar-refractivity contribution in [1.29, 1.82) is 0 Å². The van der Waals surface area contributed by atoms with Gasteiger partial charge in [-0.3, -0.25) is 4.79 Å². The maximum atomic E-state index is 13.4. The van der Waals surface area contributed by atoms with Gasteiger partial charge in [-0.2, -0.15) is 0 Å².